The van der Waals surface area contributed by atoms with Gasteiger partial charge in [-0.25, -0.2) is 4.79 Å². The summed E-state index contributed by atoms with van der Waals surface area (Å²) in [5, 5.41) is 7.04. The largest absolute Gasteiger partial charge is 0.468 e. The van der Waals surface area contributed by atoms with Gasteiger partial charge in [-0.3, -0.25) is 9.58 Å². The predicted octanol–water partition coefficient (Wildman–Crippen LogP) is 1.46. The molecule has 0 bridgehead atoms. The molecule has 0 aliphatic carbocycles. The van der Waals surface area contributed by atoms with Gasteiger partial charge >= 0.3 is 6.03 Å². The summed E-state index contributed by atoms with van der Waals surface area (Å²) >= 11 is 0. The molecule has 2 aromatic rings. The predicted molar refractivity (Wildman–Crippen MR) is 83.2 cm³/mol. The summed E-state index contributed by atoms with van der Waals surface area (Å²) in [5.41, 5.74) is 0.996. The molecule has 0 unspecified atom stereocenters. The number of amides is 2. The van der Waals surface area contributed by atoms with Crippen molar-refractivity contribution in [3.05, 3.63) is 42.1 Å². The molecule has 0 saturated heterocycles. The van der Waals surface area contributed by atoms with Crippen molar-refractivity contribution < 1.29 is 9.21 Å². The Morgan fingerprint density at radius 3 is 2.77 bits per heavy atom. The van der Waals surface area contributed by atoms with Crippen molar-refractivity contribution in [2.45, 2.75) is 12.6 Å². The zero-order valence-electron chi connectivity index (χ0n) is 13.5. The number of rotatable bonds is 6. The average molecular weight is 305 g/mol. The Hall–Kier alpha value is -2.28. The van der Waals surface area contributed by atoms with Gasteiger partial charge in [0.2, 0.25) is 0 Å². The van der Waals surface area contributed by atoms with Crippen LogP contribution in [-0.4, -0.2) is 53.3 Å². The summed E-state index contributed by atoms with van der Waals surface area (Å²) in [4.78, 5) is 15.8. The van der Waals surface area contributed by atoms with E-state index in [2.05, 4.69) is 10.4 Å². The number of urea groups is 1. The molecule has 0 fully saturated rings. The highest BCUT2D eigenvalue weighted by Gasteiger charge is 2.19. The first-order chi connectivity index (χ1) is 10.5. The molecule has 0 aliphatic rings. The van der Waals surface area contributed by atoms with Crippen LogP contribution >= 0.6 is 0 Å². The summed E-state index contributed by atoms with van der Waals surface area (Å²) in [6.45, 7) is 1.00. The Balaban J connectivity index is 1.88. The van der Waals surface area contributed by atoms with Crippen LogP contribution in [0.4, 0.5) is 4.79 Å². The van der Waals surface area contributed by atoms with Crippen molar-refractivity contribution in [1.82, 2.24) is 24.9 Å². The number of hydrogen-bond acceptors (Lipinski definition) is 4. The van der Waals surface area contributed by atoms with Crippen LogP contribution < -0.4 is 5.32 Å². The lowest BCUT2D eigenvalue weighted by Crippen LogP contribution is -2.41. The molecule has 0 radical (unpaired) electrons. The van der Waals surface area contributed by atoms with Crippen LogP contribution in [0.25, 0.3) is 0 Å². The Bertz CT molecular complexity index is 591. The Kier molecular flexibility index (Phi) is 5.21. The molecule has 22 heavy (non-hydrogen) atoms. The Labute approximate surface area is 130 Å². The quantitative estimate of drug-likeness (QED) is 0.877. The van der Waals surface area contributed by atoms with Crippen molar-refractivity contribution in [1.29, 1.82) is 0 Å². The van der Waals surface area contributed by atoms with Gasteiger partial charge in [0.15, 0.2) is 0 Å². The van der Waals surface area contributed by atoms with Crippen LogP contribution in [0.1, 0.15) is 17.4 Å². The summed E-state index contributed by atoms with van der Waals surface area (Å²) < 4.78 is 7.15. The second-order valence-corrected chi connectivity index (χ2v) is 5.56. The second kappa shape index (κ2) is 7.13. The molecule has 2 rings (SSSR count). The highest BCUT2D eigenvalue weighted by atomic mass is 16.3. The number of carbonyl (C=O) groups is 1. The first-order valence-electron chi connectivity index (χ1n) is 7.13. The van der Waals surface area contributed by atoms with E-state index in [-0.39, 0.29) is 12.1 Å². The third kappa shape index (κ3) is 4.11. The molecular weight excluding hydrogens is 282 g/mol. The van der Waals surface area contributed by atoms with E-state index in [1.54, 1.807) is 29.1 Å². The van der Waals surface area contributed by atoms with Crippen molar-refractivity contribution >= 4 is 6.03 Å². The van der Waals surface area contributed by atoms with E-state index < -0.39 is 0 Å². The minimum atomic E-state index is -0.123. The van der Waals surface area contributed by atoms with Crippen LogP contribution in [0.2, 0.25) is 0 Å². The fourth-order valence-electron chi connectivity index (χ4n) is 2.24. The molecule has 0 aliphatic heterocycles. The Morgan fingerprint density at radius 1 is 1.45 bits per heavy atom. The lowest BCUT2D eigenvalue weighted by molar-refractivity contribution is 0.197. The van der Waals surface area contributed by atoms with Crippen LogP contribution in [0, 0.1) is 0 Å². The number of furan rings is 1. The van der Waals surface area contributed by atoms with Crippen molar-refractivity contribution in [3.63, 3.8) is 0 Å². The average Bonchev–Trinajstić information content (AvgIpc) is 3.10. The first-order valence-corrected chi connectivity index (χ1v) is 7.13. The van der Waals surface area contributed by atoms with E-state index in [0.717, 1.165) is 11.3 Å². The van der Waals surface area contributed by atoms with Crippen LogP contribution in [0.5, 0.6) is 0 Å². The maximum Gasteiger partial charge on any atom is 0.317 e. The van der Waals surface area contributed by atoms with Gasteiger partial charge in [0.25, 0.3) is 0 Å². The van der Waals surface area contributed by atoms with E-state index in [9.17, 15) is 4.79 Å². The number of carbonyl (C=O) groups excluding carboxylic acids is 1. The minimum Gasteiger partial charge on any atom is -0.468 e. The normalized spacial score (nSPS) is 12.4. The summed E-state index contributed by atoms with van der Waals surface area (Å²) in [7, 11) is 7.53. The highest BCUT2D eigenvalue weighted by molar-refractivity contribution is 5.73. The molecular formula is C15H23N5O2. The van der Waals surface area contributed by atoms with E-state index in [1.165, 1.54) is 0 Å². The molecule has 7 heteroatoms. The molecule has 1 N–H and O–H groups in total. The van der Waals surface area contributed by atoms with E-state index in [1.807, 2.05) is 44.4 Å². The zero-order valence-corrected chi connectivity index (χ0v) is 13.5. The monoisotopic (exact) mass is 305 g/mol. The third-order valence-corrected chi connectivity index (χ3v) is 3.47. The molecule has 2 aromatic heterocycles. The standard InChI is InChI=1S/C15H23N5O2/c1-18(2)13(14-6-5-7-22-14)9-16-15(21)19(3)10-12-8-17-20(4)11-12/h5-8,11,13H,9-10H2,1-4H3,(H,16,21)/t13-/m0/s1. The molecule has 2 heterocycles. The summed E-state index contributed by atoms with van der Waals surface area (Å²) in [6.07, 6.45) is 5.30. The second-order valence-electron chi connectivity index (χ2n) is 5.56. The fourth-order valence-corrected chi connectivity index (χ4v) is 2.24. The van der Waals surface area contributed by atoms with Gasteiger partial charge in [0.05, 0.1) is 25.0 Å². The summed E-state index contributed by atoms with van der Waals surface area (Å²) in [5.74, 6) is 0.834. The SMILES string of the molecule is CN(Cc1cnn(C)c1)C(=O)NC[C@@H](c1ccco1)N(C)C. The number of likely N-dealkylation sites (N-methyl/N-ethyl adjacent to an activating group) is 1. The smallest absolute Gasteiger partial charge is 0.317 e. The minimum absolute atomic E-state index is 0.00532. The first kappa shape index (κ1) is 16.1. The topological polar surface area (TPSA) is 66.5 Å². The van der Waals surface area contributed by atoms with Crippen LogP contribution in [0.15, 0.2) is 35.2 Å². The van der Waals surface area contributed by atoms with E-state index in [4.69, 9.17) is 4.42 Å². The van der Waals surface area contributed by atoms with E-state index in [0.29, 0.717) is 13.1 Å². The number of nitrogens with zero attached hydrogens (tertiary/aromatic N) is 4. The molecule has 7 nitrogen and oxygen atoms in total. The van der Waals surface area contributed by atoms with Crippen LogP contribution in [0.3, 0.4) is 0 Å². The van der Waals surface area contributed by atoms with E-state index >= 15 is 0 Å². The van der Waals surface area contributed by atoms with Crippen molar-refractivity contribution in [3.8, 4) is 0 Å². The van der Waals surface area contributed by atoms with Gasteiger partial charge < -0.3 is 14.6 Å². The Morgan fingerprint density at radius 2 is 2.23 bits per heavy atom. The van der Waals surface area contributed by atoms with Gasteiger partial charge in [-0.05, 0) is 26.2 Å². The number of aromatic nitrogens is 2. The maximum absolute atomic E-state index is 12.2. The molecule has 0 saturated carbocycles. The highest BCUT2D eigenvalue weighted by Crippen LogP contribution is 2.17. The van der Waals surface area contributed by atoms with Gasteiger partial charge in [0, 0.05) is 32.4 Å². The van der Waals surface area contributed by atoms with Gasteiger partial charge in [0.1, 0.15) is 5.76 Å². The van der Waals surface area contributed by atoms with Crippen molar-refractivity contribution in [2.75, 3.05) is 27.7 Å². The molecule has 2 amide bonds. The number of hydrogen-bond donors (Lipinski definition) is 1. The zero-order chi connectivity index (χ0) is 16.1. The molecule has 1 atom stereocenters. The summed E-state index contributed by atoms with van der Waals surface area (Å²) in [6, 6.07) is 3.64. The molecule has 0 spiro atoms. The molecule has 0 aromatic carbocycles. The van der Waals surface area contributed by atoms with Gasteiger partial charge in [-0.15, -0.1) is 0 Å². The van der Waals surface area contributed by atoms with Gasteiger partial charge in [-0.2, -0.15) is 5.10 Å². The van der Waals surface area contributed by atoms with Crippen LogP contribution in [-0.2, 0) is 13.6 Å². The lowest BCUT2D eigenvalue weighted by Gasteiger charge is -2.24. The maximum atomic E-state index is 12.2. The number of aryl methyl sites for hydroxylation is 1. The third-order valence-electron chi connectivity index (χ3n) is 3.47. The molecule has 120 valence electrons. The fraction of sp³-hybridized carbons (Fsp3) is 0.467. The van der Waals surface area contributed by atoms with Crippen molar-refractivity contribution in [2.24, 2.45) is 7.05 Å². The lowest BCUT2D eigenvalue weighted by atomic mass is 10.2. The number of nitrogens with one attached hydrogen (secondary N) is 1. The van der Waals surface area contributed by atoms with Gasteiger partial charge in [-0.1, -0.05) is 0 Å².